The first-order valence-electron chi connectivity index (χ1n) is 6.69. The third kappa shape index (κ3) is 1.83. The number of aryl methyl sites for hydroxylation is 2. The second kappa shape index (κ2) is 4.57. The second-order valence-electron chi connectivity index (χ2n) is 5.26. The van der Waals surface area contributed by atoms with Crippen molar-refractivity contribution < 1.29 is 9.53 Å². The molecule has 3 rings (SSSR count). The Labute approximate surface area is 112 Å². The number of thiophene rings is 1. The number of hydrogen-bond acceptors (Lipinski definition) is 3. The van der Waals surface area contributed by atoms with Crippen molar-refractivity contribution >= 4 is 17.4 Å². The van der Waals surface area contributed by atoms with Gasteiger partial charge < -0.3 is 9.64 Å². The molecule has 2 atom stereocenters. The highest BCUT2D eigenvalue weighted by atomic mass is 32.1. The molecule has 1 aliphatic heterocycles. The van der Waals surface area contributed by atoms with E-state index in [4.69, 9.17) is 4.74 Å². The third-order valence-electron chi connectivity index (χ3n) is 4.18. The molecule has 2 aliphatic rings. The number of likely N-dealkylation sites (tertiary alicyclic amines) is 1. The van der Waals surface area contributed by atoms with Gasteiger partial charge in [0.15, 0.2) is 0 Å². The average Bonchev–Trinajstić information content (AvgIpc) is 2.92. The fraction of sp³-hybridized carbons (Fsp3) is 0.643. The van der Waals surface area contributed by atoms with Crippen molar-refractivity contribution in [3.8, 4) is 0 Å². The first kappa shape index (κ1) is 12.0. The van der Waals surface area contributed by atoms with Crippen molar-refractivity contribution in [1.29, 1.82) is 0 Å². The molecular formula is C14H19NO2S. The molecule has 2 unspecified atom stereocenters. The van der Waals surface area contributed by atoms with E-state index >= 15 is 0 Å². The monoisotopic (exact) mass is 265 g/mol. The first-order valence-corrected chi connectivity index (χ1v) is 7.57. The normalized spacial score (nSPS) is 25.8. The van der Waals surface area contributed by atoms with Gasteiger partial charge in [0, 0.05) is 23.9 Å². The topological polar surface area (TPSA) is 29.5 Å². The Balaban J connectivity index is 1.82. The lowest BCUT2D eigenvalue weighted by Crippen LogP contribution is -2.29. The number of carbonyl (C=O) groups excluding carboxylic acids is 1. The first-order chi connectivity index (χ1) is 8.70. The summed E-state index contributed by atoms with van der Waals surface area (Å²) < 4.78 is 5.12. The van der Waals surface area contributed by atoms with Gasteiger partial charge in [-0.25, -0.2) is 4.79 Å². The predicted octanol–water partition coefficient (Wildman–Crippen LogP) is 3.17. The van der Waals surface area contributed by atoms with Crippen LogP contribution in [0.25, 0.3) is 0 Å². The minimum atomic E-state index is -0.138. The maximum Gasteiger partial charge on any atom is 0.409 e. The number of rotatable bonds is 1. The molecule has 0 radical (unpaired) electrons. The Kier molecular flexibility index (Phi) is 3.06. The van der Waals surface area contributed by atoms with Gasteiger partial charge in [0.2, 0.25) is 0 Å². The summed E-state index contributed by atoms with van der Waals surface area (Å²) in [5.41, 5.74) is 2.94. The van der Waals surface area contributed by atoms with Gasteiger partial charge >= 0.3 is 6.09 Å². The van der Waals surface area contributed by atoms with E-state index in [9.17, 15) is 4.79 Å². The summed E-state index contributed by atoms with van der Waals surface area (Å²) in [7, 11) is 0. The fourth-order valence-corrected chi connectivity index (χ4v) is 4.49. The average molecular weight is 265 g/mol. The van der Waals surface area contributed by atoms with Gasteiger partial charge in [-0.2, -0.15) is 0 Å². The molecule has 0 bridgehead atoms. The molecule has 1 aromatic rings. The van der Waals surface area contributed by atoms with Crippen LogP contribution in [-0.2, 0) is 11.2 Å². The molecule has 1 amide bonds. The van der Waals surface area contributed by atoms with Crippen LogP contribution in [0, 0.1) is 12.8 Å². The number of amides is 1. The Morgan fingerprint density at radius 2 is 2.39 bits per heavy atom. The van der Waals surface area contributed by atoms with Crippen LogP contribution >= 0.6 is 11.3 Å². The minimum Gasteiger partial charge on any atom is -0.450 e. The quantitative estimate of drug-likeness (QED) is 0.780. The van der Waals surface area contributed by atoms with Gasteiger partial charge in [0.05, 0.1) is 6.61 Å². The van der Waals surface area contributed by atoms with Crippen molar-refractivity contribution in [1.82, 2.24) is 4.90 Å². The van der Waals surface area contributed by atoms with Crippen molar-refractivity contribution in [3.05, 3.63) is 21.4 Å². The van der Waals surface area contributed by atoms with Gasteiger partial charge in [-0.15, -0.1) is 11.3 Å². The summed E-state index contributed by atoms with van der Waals surface area (Å²) in [6, 6.07) is 0. The van der Waals surface area contributed by atoms with Crippen LogP contribution in [0.15, 0.2) is 5.38 Å². The highest BCUT2D eigenvalue weighted by Crippen LogP contribution is 2.45. The predicted molar refractivity (Wildman–Crippen MR) is 72.2 cm³/mol. The van der Waals surface area contributed by atoms with E-state index in [2.05, 4.69) is 12.3 Å². The number of hydrogen-bond donors (Lipinski definition) is 0. The van der Waals surface area contributed by atoms with Crippen LogP contribution in [-0.4, -0.2) is 30.7 Å². The summed E-state index contributed by atoms with van der Waals surface area (Å²) in [6.07, 6.45) is 2.26. The van der Waals surface area contributed by atoms with Gasteiger partial charge in [-0.1, -0.05) is 0 Å². The standard InChI is InChI=1S/C14H19NO2S/c1-3-17-14(16)15-6-10-4-5-12-13(11(10)7-15)9(2)8-18-12/h8,10-11H,3-7H2,1-2H3. The third-order valence-corrected chi connectivity index (χ3v) is 5.36. The lowest BCUT2D eigenvalue weighted by molar-refractivity contribution is 0.114. The second-order valence-corrected chi connectivity index (χ2v) is 6.23. The highest BCUT2D eigenvalue weighted by molar-refractivity contribution is 7.10. The molecule has 1 fully saturated rings. The summed E-state index contributed by atoms with van der Waals surface area (Å²) >= 11 is 1.89. The molecule has 1 aromatic heterocycles. The van der Waals surface area contributed by atoms with Crippen LogP contribution in [0.1, 0.15) is 35.3 Å². The van der Waals surface area contributed by atoms with Crippen LogP contribution < -0.4 is 0 Å². The summed E-state index contributed by atoms with van der Waals surface area (Å²) in [4.78, 5) is 15.3. The van der Waals surface area contributed by atoms with Crippen molar-refractivity contribution in [3.63, 3.8) is 0 Å². The number of ether oxygens (including phenoxy) is 1. The molecular weight excluding hydrogens is 246 g/mol. The Bertz CT molecular complexity index is 468. The van der Waals surface area contributed by atoms with Crippen molar-refractivity contribution in [2.24, 2.45) is 5.92 Å². The van der Waals surface area contributed by atoms with Gasteiger partial charge in [0.1, 0.15) is 0 Å². The fourth-order valence-electron chi connectivity index (χ4n) is 3.37. The number of nitrogens with zero attached hydrogens (tertiary/aromatic N) is 1. The Morgan fingerprint density at radius 1 is 1.56 bits per heavy atom. The van der Waals surface area contributed by atoms with Crippen molar-refractivity contribution in [2.75, 3.05) is 19.7 Å². The van der Waals surface area contributed by atoms with E-state index < -0.39 is 0 Å². The summed E-state index contributed by atoms with van der Waals surface area (Å²) in [6.45, 7) is 6.24. The van der Waals surface area contributed by atoms with E-state index in [0.717, 1.165) is 13.1 Å². The molecule has 0 aromatic carbocycles. The van der Waals surface area contributed by atoms with Gasteiger partial charge in [0.25, 0.3) is 0 Å². The summed E-state index contributed by atoms with van der Waals surface area (Å²) in [5, 5.41) is 2.26. The Hall–Kier alpha value is -1.03. The minimum absolute atomic E-state index is 0.138. The molecule has 0 saturated carbocycles. The number of fused-ring (bicyclic) bond motifs is 3. The lowest BCUT2D eigenvalue weighted by atomic mass is 9.79. The zero-order valence-corrected chi connectivity index (χ0v) is 11.8. The molecule has 2 heterocycles. The zero-order chi connectivity index (χ0) is 12.7. The highest BCUT2D eigenvalue weighted by Gasteiger charge is 2.40. The maximum absolute atomic E-state index is 11.8. The van der Waals surface area contributed by atoms with Crippen LogP contribution in [0.3, 0.4) is 0 Å². The van der Waals surface area contributed by atoms with E-state index in [0.29, 0.717) is 18.4 Å². The van der Waals surface area contributed by atoms with E-state index in [1.54, 1.807) is 4.88 Å². The lowest BCUT2D eigenvalue weighted by Gasteiger charge is -2.25. The molecule has 3 nitrogen and oxygen atoms in total. The van der Waals surface area contributed by atoms with Gasteiger partial charge in [-0.05, 0) is 49.1 Å². The molecule has 1 saturated heterocycles. The molecule has 0 N–H and O–H groups in total. The van der Waals surface area contributed by atoms with Crippen LogP contribution in [0.2, 0.25) is 0 Å². The molecule has 0 spiro atoms. The van der Waals surface area contributed by atoms with E-state index in [-0.39, 0.29) is 6.09 Å². The summed E-state index contributed by atoms with van der Waals surface area (Å²) in [5.74, 6) is 1.18. The molecule has 18 heavy (non-hydrogen) atoms. The smallest absolute Gasteiger partial charge is 0.409 e. The maximum atomic E-state index is 11.8. The van der Waals surface area contributed by atoms with Crippen LogP contribution in [0.4, 0.5) is 4.79 Å². The molecule has 1 aliphatic carbocycles. The number of carbonyl (C=O) groups is 1. The Morgan fingerprint density at radius 3 is 3.17 bits per heavy atom. The van der Waals surface area contributed by atoms with Crippen molar-refractivity contribution in [2.45, 2.75) is 32.6 Å². The molecule has 4 heteroatoms. The zero-order valence-electron chi connectivity index (χ0n) is 10.9. The van der Waals surface area contributed by atoms with Gasteiger partial charge in [-0.3, -0.25) is 0 Å². The van der Waals surface area contributed by atoms with Crippen LogP contribution in [0.5, 0.6) is 0 Å². The largest absolute Gasteiger partial charge is 0.450 e. The van der Waals surface area contributed by atoms with E-state index in [1.165, 1.54) is 24.0 Å². The SMILES string of the molecule is CCOC(=O)N1CC2CCc3scc(C)c3C2C1. The molecule has 98 valence electrons. The van der Waals surface area contributed by atoms with E-state index in [1.807, 2.05) is 23.2 Å².